The number of thiazole rings is 1. The first-order valence-electron chi connectivity index (χ1n) is 11.8. The van der Waals surface area contributed by atoms with E-state index in [9.17, 15) is 22.8 Å². The Kier molecular flexibility index (Phi) is 9.10. The molecule has 0 radical (unpaired) electrons. The number of hydrogen-bond donors (Lipinski definition) is 4. The lowest BCUT2D eigenvalue weighted by molar-refractivity contribution is -0.137. The quantitative estimate of drug-likeness (QED) is 0.191. The Hall–Kier alpha value is -4.62. The largest absolute Gasteiger partial charge is 0.418 e. The maximum absolute atomic E-state index is 13.1. The zero-order valence-electron chi connectivity index (χ0n) is 21.1. The molecule has 0 saturated heterocycles. The van der Waals surface area contributed by atoms with E-state index in [0.717, 1.165) is 23.2 Å². The minimum Gasteiger partial charge on any atom is -0.370 e. The predicted molar refractivity (Wildman–Crippen MR) is 142 cm³/mol. The summed E-state index contributed by atoms with van der Waals surface area (Å²) in [6.07, 6.45) is 1.32. The number of aryl methyl sites for hydroxylation is 1. The number of pyridine rings is 1. The van der Waals surface area contributed by atoms with Gasteiger partial charge in [0, 0.05) is 18.8 Å². The van der Waals surface area contributed by atoms with Gasteiger partial charge in [-0.2, -0.15) is 18.4 Å². The first-order chi connectivity index (χ1) is 19.5. The minimum atomic E-state index is -4.71. The number of nitriles is 1. The fourth-order valence-corrected chi connectivity index (χ4v) is 4.52. The van der Waals surface area contributed by atoms with Crippen molar-refractivity contribution in [2.45, 2.75) is 32.0 Å². The molecule has 1 atom stereocenters. The van der Waals surface area contributed by atoms with Crippen LogP contribution in [0.15, 0.2) is 37.2 Å². The van der Waals surface area contributed by atoms with Crippen LogP contribution < -0.4 is 16.0 Å². The zero-order valence-corrected chi connectivity index (χ0v) is 22.7. The van der Waals surface area contributed by atoms with Gasteiger partial charge in [0.1, 0.15) is 39.6 Å². The van der Waals surface area contributed by atoms with Crippen LogP contribution in [0, 0.1) is 11.3 Å². The normalized spacial score (nSPS) is 11.9. The monoisotopic (exact) mass is 604 g/mol. The Morgan fingerprint density at radius 2 is 1.93 bits per heavy atom. The van der Waals surface area contributed by atoms with Gasteiger partial charge in [0.05, 0.1) is 34.8 Å². The van der Waals surface area contributed by atoms with Gasteiger partial charge in [0.15, 0.2) is 5.69 Å². The van der Waals surface area contributed by atoms with Gasteiger partial charge >= 0.3 is 6.18 Å². The van der Waals surface area contributed by atoms with Crippen molar-refractivity contribution >= 4 is 46.4 Å². The molecule has 0 spiro atoms. The molecule has 2 amide bonds. The highest BCUT2D eigenvalue weighted by atomic mass is 35.5. The third-order valence-electron chi connectivity index (χ3n) is 5.50. The smallest absolute Gasteiger partial charge is 0.370 e. The number of halogens is 4. The summed E-state index contributed by atoms with van der Waals surface area (Å²) < 4.78 is 39.2. The number of nitrogens with one attached hydrogen (secondary N) is 4. The Morgan fingerprint density at radius 1 is 1.12 bits per heavy atom. The molecule has 12 nitrogen and oxygen atoms in total. The van der Waals surface area contributed by atoms with Crippen LogP contribution in [0.25, 0.3) is 0 Å². The van der Waals surface area contributed by atoms with Crippen LogP contribution in [0.1, 0.15) is 61.5 Å². The van der Waals surface area contributed by atoms with Crippen molar-refractivity contribution in [3.05, 3.63) is 74.7 Å². The molecule has 0 aliphatic rings. The summed E-state index contributed by atoms with van der Waals surface area (Å²) in [4.78, 5) is 48.2. The minimum absolute atomic E-state index is 0.0944. The summed E-state index contributed by atoms with van der Waals surface area (Å²) in [5.41, 5.74) is 0.0629. The molecule has 4 aromatic rings. The number of rotatable bonds is 10. The highest BCUT2D eigenvalue weighted by Crippen LogP contribution is 2.35. The van der Waals surface area contributed by atoms with Crippen molar-refractivity contribution in [1.82, 2.24) is 35.2 Å². The summed E-state index contributed by atoms with van der Waals surface area (Å²) in [5, 5.41) is 16.9. The van der Waals surface area contributed by atoms with E-state index in [2.05, 4.69) is 45.9 Å². The Bertz CT molecular complexity index is 1600. The summed E-state index contributed by atoms with van der Waals surface area (Å²) in [6.45, 7) is 2.17. The van der Waals surface area contributed by atoms with Crippen LogP contribution >= 0.6 is 22.9 Å². The second kappa shape index (κ2) is 12.7. The Morgan fingerprint density at radius 3 is 2.68 bits per heavy atom. The van der Waals surface area contributed by atoms with Crippen LogP contribution in [0.5, 0.6) is 0 Å². The topological polar surface area (TPSA) is 174 Å². The summed E-state index contributed by atoms with van der Waals surface area (Å²) >= 11 is 6.51. The molecule has 0 aromatic carbocycles. The van der Waals surface area contributed by atoms with Crippen molar-refractivity contribution < 1.29 is 22.8 Å². The molecule has 0 fully saturated rings. The van der Waals surface area contributed by atoms with Gasteiger partial charge in [-0.05, 0) is 25.8 Å². The number of H-pyrrole nitrogens is 1. The zero-order chi connectivity index (χ0) is 29.6. The summed E-state index contributed by atoms with van der Waals surface area (Å²) in [6, 6.07) is 3.52. The van der Waals surface area contributed by atoms with E-state index in [1.165, 1.54) is 24.9 Å². The average Bonchev–Trinajstić information content (AvgIpc) is 3.62. The van der Waals surface area contributed by atoms with Gasteiger partial charge in [0.2, 0.25) is 0 Å². The van der Waals surface area contributed by atoms with Gasteiger partial charge < -0.3 is 20.9 Å². The fraction of sp³-hybridized carbons (Fsp3) is 0.250. The van der Waals surface area contributed by atoms with E-state index >= 15 is 0 Å². The number of anilines is 2. The van der Waals surface area contributed by atoms with Crippen LogP contribution in [0.4, 0.5) is 24.8 Å². The lowest BCUT2D eigenvalue weighted by Crippen LogP contribution is -2.27. The van der Waals surface area contributed by atoms with E-state index in [1.54, 1.807) is 6.92 Å². The van der Waals surface area contributed by atoms with Gasteiger partial charge in [-0.15, -0.1) is 11.3 Å². The number of imidazole rings is 1. The van der Waals surface area contributed by atoms with Crippen molar-refractivity contribution in [3.63, 3.8) is 0 Å². The van der Waals surface area contributed by atoms with Crippen molar-refractivity contribution in [3.8, 4) is 6.07 Å². The molecule has 4 N–H and O–H groups in total. The fourth-order valence-electron chi connectivity index (χ4n) is 3.50. The maximum Gasteiger partial charge on any atom is 0.418 e. The van der Waals surface area contributed by atoms with E-state index in [4.69, 9.17) is 16.9 Å². The maximum atomic E-state index is 13.1. The second-order valence-electron chi connectivity index (χ2n) is 8.42. The van der Waals surface area contributed by atoms with Crippen molar-refractivity contribution in [2.75, 3.05) is 17.2 Å². The molecule has 4 rings (SSSR count). The van der Waals surface area contributed by atoms with E-state index < -0.39 is 34.6 Å². The number of aromatic nitrogens is 6. The van der Waals surface area contributed by atoms with Crippen LogP contribution in [0.2, 0.25) is 5.02 Å². The summed E-state index contributed by atoms with van der Waals surface area (Å²) in [7, 11) is 0. The molecule has 4 heterocycles. The first-order valence-corrected chi connectivity index (χ1v) is 13.0. The SMILES string of the molecule is CC(NC(=O)c1cc(NCCCc2[nH]cnc2C#N)ncn1)c1ncc(C(=O)Nc2cc(C(F)(F)F)c(Cl)cn2)s1. The molecule has 4 aromatic heterocycles. The van der Waals surface area contributed by atoms with Crippen LogP contribution in [0.3, 0.4) is 0 Å². The number of carbonyl (C=O) groups is 2. The molecular weight excluding hydrogens is 585 g/mol. The Balaban J connectivity index is 1.31. The third-order valence-corrected chi connectivity index (χ3v) is 6.98. The lowest BCUT2D eigenvalue weighted by atomic mass is 10.2. The summed E-state index contributed by atoms with van der Waals surface area (Å²) in [5.74, 6) is -1.13. The van der Waals surface area contributed by atoms with Crippen LogP contribution in [-0.4, -0.2) is 48.3 Å². The van der Waals surface area contributed by atoms with Gasteiger partial charge in [-0.25, -0.2) is 24.9 Å². The molecule has 212 valence electrons. The van der Waals surface area contributed by atoms with Gasteiger partial charge in [0.25, 0.3) is 11.8 Å². The number of aromatic amines is 1. The van der Waals surface area contributed by atoms with Crippen molar-refractivity contribution in [2.24, 2.45) is 0 Å². The highest BCUT2D eigenvalue weighted by molar-refractivity contribution is 7.13. The van der Waals surface area contributed by atoms with E-state index in [-0.39, 0.29) is 16.4 Å². The Labute approximate surface area is 239 Å². The molecule has 0 aliphatic heterocycles. The third kappa shape index (κ3) is 7.52. The number of hydrogen-bond acceptors (Lipinski definition) is 10. The number of carbonyl (C=O) groups excluding carboxylic acids is 2. The van der Waals surface area contributed by atoms with Crippen molar-refractivity contribution in [1.29, 1.82) is 5.26 Å². The van der Waals surface area contributed by atoms with Gasteiger partial charge in [-0.3, -0.25) is 9.59 Å². The van der Waals surface area contributed by atoms with E-state index in [0.29, 0.717) is 42.0 Å². The highest BCUT2D eigenvalue weighted by Gasteiger charge is 2.34. The van der Waals surface area contributed by atoms with Gasteiger partial charge in [-0.1, -0.05) is 11.6 Å². The molecule has 0 bridgehead atoms. The first kappa shape index (κ1) is 29.4. The molecule has 17 heteroatoms. The number of nitrogens with zero attached hydrogens (tertiary/aromatic N) is 6. The lowest BCUT2D eigenvalue weighted by Gasteiger charge is -2.12. The molecular formula is C24H20ClF3N10O2S. The molecule has 41 heavy (non-hydrogen) atoms. The molecule has 0 aliphatic carbocycles. The number of alkyl halides is 3. The molecule has 0 saturated carbocycles. The standard InChI is InChI=1S/C24H20ClF3N10O2S/c1-12(23-32-9-18(41-23)22(40)38-20-5-13(24(26,27)28)14(25)8-31-20)37-21(39)16-6-19(36-11-34-16)30-4-2-3-15-17(7-29)35-10-33-15/h5-6,8-12H,2-4H2,1H3,(H,33,35)(H,37,39)(H,30,34,36)(H,31,38,40). The second-order valence-corrected chi connectivity index (χ2v) is 9.89. The van der Waals surface area contributed by atoms with E-state index in [1.807, 2.05) is 6.07 Å². The predicted octanol–water partition coefficient (Wildman–Crippen LogP) is 4.38. The number of amides is 2. The van der Waals surface area contributed by atoms with Crippen LogP contribution in [-0.2, 0) is 12.6 Å². The average molecular weight is 605 g/mol. The molecule has 1 unspecified atom stereocenters.